The Morgan fingerprint density at radius 1 is 1.11 bits per heavy atom. The number of aromatic nitrogens is 1. The standard InChI is InChI=1S/C25H21ClN4O5/c1-15-2-3-16(12-20(15)26)25-28-21-13-17(4-7-23(21)35-25)27-24(31)19-14-18(30(32)33)5-6-22(19)29-8-10-34-11-9-29/h2-7,12-14H,8-11H2,1H3,(H,27,31). The normalized spacial score (nSPS) is 13.7. The molecule has 1 N–H and O–H groups in total. The van der Waals surface area contributed by atoms with Crippen LogP contribution in [0.1, 0.15) is 15.9 Å². The van der Waals surface area contributed by atoms with Crippen molar-refractivity contribution in [3.63, 3.8) is 0 Å². The van der Waals surface area contributed by atoms with Gasteiger partial charge in [0.25, 0.3) is 11.6 Å². The second-order valence-corrected chi connectivity index (χ2v) is 8.58. The molecule has 3 aromatic carbocycles. The number of non-ortho nitro benzene ring substituents is 1. The van der Waals surface area contributed by atoms with Crippen molar-refractivity contribution in [3.8, 4) is 11.5 Å². The largest absolute Gasteiger partial charge is 0.436 e. The van der Waals surface area contributed by atoms with Gasteiger partial charge in [-0.1, -0.05) is 17.7 Å². The molecule has 5 rings (SSSR count). The highest BCUT2D eigenvalue weighted by molar-refractivity contribution is 6.31. The first-order valence-corrected chi connectivity index (χ1v) is 11.4. The Labute approximate surface area is 205 Å². The third kappa shape index (κ3) is 4.68. The van der Waals surface area contributed by atoms with Gasteiger partial charge in [-0.05, 0) is 48.9 Å². The predicted molar refractivity (Wildman–Crippen MR) is 133 cm³/mol. The maximum absolute atomic E-state index is 13.2. The molecule has 0 bridgehead atoms. The number of hydrogen-bond acceptors (Lipinski definition) is 7. The van der Waals surface area contributed by atoms with Gasteiger partial charge in [-0.2, -0.15) is 0 Å². The minimum atomic E-state index is -0.514. The lowest BCUT2D eigenvalue weighted by Crippen LogP contribution is -2.37. The molecular weight excluding hydrogens is 472 g/mol. The molecule has 0 aliphatic carbocycles. The number of morpholine rings is 1. The molecule has 1 fully saturated rings. The van der Waals surface area contributed by atoms with Crippen LogP contribution in [0, 0.1) is 17.0 Å². The second kappa shape index (κ2) is 9.36. The molecule has 0 saturated carbocycles. The number of nitro groups is 1. The molecule has 0 radical (unpaired) electrons. The van der Waals surface area contributed by atoms with Gasteiger partial charge >= 0.3 is 0 Å². The number of carbonyl (C=O) groups excluding carboxylic acids is 1. The lowest BCUT2D eigenvalue weighted by atomic mass is 10.1. The summed E-state index contributed by atoms with van der Waals surface area (Å²) in [5.41, 5.74) is 3.99. The van der Waals surface area contributed by atoms with E-state index in [1.54, 1.807) is 30.3 Å². The van der Waals surface area contributed by atoms with Crippen LogP contribution in [0.15, 0.2) is 59.0 Å². The lowest BCUT2D eigenvalue weighted by Gasteiger charge is -2.30. The zero-order valence-electron chi connectivity index (χ0n) is 18.8. The smallest absolute Gasteiger partial charge is 0.270 e. The van der Waals surface area contributed by atoms with Crippen molar-refractivity contribution in [1.82, 2.24) is 4.98 Å². The number of amides is 1. The number of oxazole rings is 1. The molecule has 1 aliphatic rings. The first-order chi connectivity index (χ1) is 16.9. The van der Waals surface area contributed by atoms with Gasteiger partial charge in [0.2, 0.25) is 5.89 Å². The zero-order chi connectivity index (χ0) is 24.5. The van der Waals surface area contributed by atoms with Crippen LogP contribution < -0.4 is 10.2 Å². The second-order valence-electron chi connectivity index (χ2n) is 8.18. The van der Waals surface area contributed by atoms with E-state index in [0.29, 0.717) is 59.7 Å². The van der Waals surface area contributed by atoms with Crippen LogP contribution in [-0.2, 0) is 4.74 Å². The van der Waals surface area contributed by atoms with E-state index in [9.17, 15) is 14.9 Å². The van der Waals surface area contributed by atoms with Crippen molar-refractivity contribution in [2.24, 2.45) is 0 Å². The molecule has 10 heteroatoms. The van der Waals surface area contributed by atoms with Crippen LogP contribution in [0.25, 0.3) is 22.6 Å². The molecule has 1 aromatic heterocycles. The highest BCUT2D eigenvalue weighted by Gasteiger charge is 2.22. The predicted octanol–water partition coefficient (Wildman–Crippen LogP) is 5.45. The average molecular weight is 493 g/mol. The van der Waals surface area contributed by atoms with E-state index in [-0.39, 0.29) is 11.3 Å². The first-order valence-electron chi connectivity index (χ1n) is 11.0. The summed E-state index contributed by atoms with van der Waals surface area (Å²) >= 11 is 6.23. The average Bonchev–Trinajstić information content (AvgIpc) is 3.29. The van der Waals surface area contributed by atoms with Crippen LogP contribution in [0.5, 0.6) is 0 Å². The highest BCUT2D eigenvalue weighted by atomic mass is 35.5. The third-order valence-electron chi connectivity index (χ3n) is 5.85. The molecule has 4 aromatic rings. The van der Waals surface area contributed by atoms with Gasteiger partial charge in [-0.3, -0.25) is 14.9 Å². The van der Waals surface area contributed by atoms with Crippen LogP contribution in [0.3, 0.4) is 0 Å². The van der Waals surface area contributed by atoms with Gasteiger partial charge in [0.1, 0.15) is 5.52 Å². The molecule has 2 heterocycles. The Kier molecular flexibility index (Phi) is 6.10. The SMILES string of the molecule is Cc1ccc(-c2nc3cc(NC(=O)c4cc([N+](=O)[O-])ccc4N4CCOCC4)ccc3o2)cc1Cl. The monoisotopic (exact) mass is 492 g/mol. The van der Waals surface area contributed by atoms with Gasteiger partial charge < -0.3 is 19.4 Å². The van der Waals surface area contributed by atoms with E-state index >= 15 is 0 Å². The molecule has 0 atom stereocenters. The van der Waals surface area contributed by atoms with Gasteiger partial charge in [-0.25, -0.2) is 4.98 Å². The quantitative estimate of drug-likeness (QED) is 0.291. The fourth-order valence-corrected chi connectivity index (χ4v) is 4.13. The van der Waals surface area contributed by atoms with Crippen molar-refractivity contribution in [3.05, 3.63) is 80.9 Å². The maximum atomic E-state index is 13.2. The van der Waals surface area contributed by atoms with E-state index in [4.69, 9.17) is 20.8 Å². The van der Waals surface area contributed by atoms with Crippen molar-refractivity contribution in [2.45, 2.75) is 6.92 Å². The summed E-state index contributed by atoms with van der Waals surface area (Å²) in [7, 11) is 0. The summed E-state index contributed by atoms with van der Waals surface area (Å²) < 4.78 is 11.3. The first kappa shape index (κ1) is 22.8. The lowest BCUT2D eigenvalue weighted by molar-refractivity contribution is -0.384. The van der Waals surface area contributed by atoms with Gasteiger partial charge in [-0.15, -0.1) is 0 Å². The Hall–Kier alpha value is -3.95. The fourth-order valence-electron chi connectivity index (χ4n) is 3.95. The van der Waals surface area contributed by atoms with Crippen molar-refractivity contribution in [1.29, 1.82) is 0 Å². The van der Waals surface area contributed by atoms with Crippen LogP contribution in [0.4, 0.5) is 17.1 Å². The number of halogens is 1. The number of rotatable bonds is 5. The topological polar surface area (TPSA) is 111 Å². The van der Waals surface area contributed by atoms with Gasteiger partial charge in [0, 0.05) is 41.5 Å². The number of benzene rings is 3. The summed E-state index contributed by atoms with van der Waals surface area (Å²) in [6, 6.07) is 15.0. The Balaban J connectivity index is 1.44. The number of carbonyl (C=O) groups is 1. The van der Waals surface area contributed by atoms with Crippen LogP contribution in [-0.4, -0.2) is 42.1 Å². The van der Waals surface area contributed by atoms with Crippen LogP contribution >= 0.6 is 11.6 Å². The van der Waals surface area contributed by atoms with Gasteiger partial charge in [0.15, 0.2) is 5.58 Å². The number of nitro benzene ring substituents is 1. The van der Waals surface area contributed by atoms with E-state index in [1.807, 2.05) is 24.0 Å². The number of nitrogens with zero attached hydrogens (tertiary/aromatic N) is 3. The number of hydrogen-bond donors (Lipinski definition) is 1. The molecule has 0 unspecified atom stereocenters. The molecule has 0 spiro atoms. The summed E-state index contributed by atoms with van der Waals surface area (Å²) in [5.74, 6) is -0.0396. The van der Waals surface area contributed by atoms with Crippen molar-refractivity contribution < 1.29 is 18.9 Å². The fraction of sp³-hybridized carbons (Fsp3) is 0.200. The third-order valence-corrected chi connectivity index (χ3v) is 6.26. The summed E-state index contributed by atoms with van der Waals surface area (Å²) in [6.07, 6.45) is 0. The molecule has 178 valence electrons. The molecule has 1 aliphatic heterocycles. The number of nitrogens with one attached hydrogen (secondary N) is 1. The minimum absolute atomic E-state index is 0.152. The van der Waals surface area contributed by atoms with Gasteiger partial charge in [0.05, 0.1) is 29.4 Å². The van der Waals surface area contributed by atoms with E-state index < -0.39 is 10.8 Å². The molecule has 1 saturated heterocycles. The number of anilines is 2. The minimum Gasteiger partial charge on any atom is -0.436 e. The summed E-state index contributed by atoms with van der Waals surface area (Å²) in [4.78, 5) is 30.6. The Bertz CT molecular complexity index is 1450. The number of aryl methyl sites for hydroxylation is 1. The highest BCUT2D eigenvalue weighted by Crippen LogP contribution is 2.30. The van der Waals surface area contributed by atoms with E-state index in [2.05, 4.69) is 10.3 Å². The molecule has 35 heavy (non-hydrogen) atoms. The number of ether oxygens (including phenoxy) is 1. The molecule has 1 amide bonds. The summed E-state index contributed by atoms with van der Waals surface area (Å²) in [5, 5.41) is 14.8. The van der Waals surface area contributed by atoms with E-state index in [0.717, 1.165) is 11.1 Å². The van der Waals surface area contributed by atoms with Crippen molar-refractivity contribution >= 4 is 45.7 Å². The number of fused-ring (bicyclic) bond motifs is 1. The Morgan fingerprint density at radius 3 is 2.66 bits per heavy atom. The van der Waals surface area contributed by atoms with Crippen molar-refractivity contribution in [2.75, 3.05) is 36.5 Å². The van der Waals surface area contributed by atoms with Crippen LogP contribution in [0.2, 0.25) is 5.02 Å². The maximum Gasteiger partial charge on any atom is 0.270 e. The molecule has 9 nitrogen and oxygen atoms in total. The van der Waals surface area contributed by atoms with E-state index in [1.165, 1.54) is 12.1 Å². The Morgan fingerprint density at radius 2 is 1.91 bits per heavy atom. The molecular formula is C25H21ClN4O5. The zero-order valence-corrected chi connectivity index (χ0v) is 19.5. The summed E-state index contributed by atoms with van der Waals surface area (Å²) in [6.45, 7) is 4.15.